The van der Waals surface area contributed by atoms with E-state index < -0.39 is 10.8 Å². The summed E-state index contributed by atoms with van der Waals surface area (Å²) in [6.45, 7) is 1.78. The number of nitrogens with one attached hydrogen (secondary N) is 1. The molecule has 6 nitrogen and oxygen atoms in total. The van der Waals surface area contributed by atoms with E-state index in [-0.39, 0.29) is 23.5 Å². The van der Waals surface area contributed by atoms with Gasteiger partial charge in [0.15, 0.2) is 0 Å². The van der Waals surface area contributed by atoms with Crippen molar-refractivity contribution in [3.63, 3.8) is 0 Å². The van der Waals surface area contributed by atoms with Crippen LogP contribution in [0.15, 0.2) is 12.4 Å². The zero-order valence-corrected chi connectivity index (χ0v) is 9.95. The molecule has 7 heteroatoms. The quantitative estimate of drug-likeness (QED) is 0.745. The molecule has 1 aromatic heterocycles. The maximum atomic E-state index is 11.6. The summed E-state index contributed by atoms with van der Waals surface area (Å²) >= 11 is 0. The van der Waals surface area contributed by atoms with Crippen LogP contribution in [-0.2, 0) is 10.8 Å². The highest BCUT2D eigenvalue weighted by molar-refractivity contribution is 7.84. The summed E-state index contributed by atoms with van der Waals surface area (Å²) in [5.41, 5.74) is 5.57. The number of nitrogens with zero attached hydrogens (tertiary/aromatic N) is 2. The smallest absolute Gasteiger partial charge is 0.271 e. The Hall–Kier alpha value is -1.50. The number of anilines is 1. The van der Waals surface area contributed by atoms with Gasteiger partial charge in [-0.05, 0) is 6.92 Å². The fourth-order valence-electron chi connectivity index (χ4n) is 1.18. The van der Waals surface area contributed by atoms with Gasteiger partial charge in [-0.1, -0.05) is 0 Å². The molecule has 0 radical (unpaired) electrons. The molecule has 1 heterocycles. The van der Waals surface area contributed by atoms with Gasteiger partial charge in [-0.25, -0.2) is 4.98 Å². The number of nitrogens with two attached hydrogens (primary N) is 1. The number of carbonyl (C=O) groups is 1. The zero-order chi connectivity index (χ0) is 12.1. The van der Waals surface area contributed by atoms with Gasteiger partial charge < -0.3 is 11.1 Å². The number of hydrogen-bond acceptors (Lipinski definition) is 5. The topological polar surface area (TPSA) is 98.0 Å². The molecule has 3 N–H and O–H groups in total. The largest absolute Gasteiger partial charge is 0.382 e. The van der Waals surface area contributed by atoms with Crippen LogP contribution < -0.4 is 11.1 Å². The summed E-state index contributed by atoms with van der Waals surface area (Å²) in [5.74, 6) is 0.235. The standard InChI is InChI=1S/C9H14N4O2S/c1-6(5-16(2)15)12-9(14)7-3-11-4-8(10)13-7/h3-4,6H,5H2,1-2H3,(H2,10,13)(H,12,14). The number of aromatic nitrogens is 2. The molecule has 1 rings (SSSR count). The minimum absolute atomic E-state index is 0.161. The first kappa shape index (κ1) is 12.6. The van der Waals surface area contributed by atoms with Gasteiger partial charge in [0.05, 0.1) is 12.4 Å². The van der Waals surface area contributed by atoms with Crippen LogP contribution in [0.25, 0.3) is 0 Å². The van der Waals surface area contributed by atoms with Gasteiger partial charge in [-0.3, -0.25) is 14.0 Å². The summed E-state index contributed by atoms with van der Waals surface area (Å²) in [7, 11) is -0.948. The van der Waals surface area contributed by atoms with Crippen molar-refractivity contribution >= 4 is 22.5 Å². The van der Waals surface area contributed by atoms with Gasteiger partial charge in [0, 0.05) is 28.9 Å². The fraction of sp³-hybridized carbons (Fsp3) is 0.444. The molecular weight excluding hydrogens is 228 g/mol. The second kappa shape index (κ2) is 5.55. The number of amides is 1. The first-order valence-electron chi connectivity index (χ1n) is 4.67. The molecule has 16 heavy (non-hydrogen) atoms. The predicted molar refractivity (Wildman–Crippen MR) is 62.3 cm³/mol. The normalized spacial score (nSPS) is 14.1. The summed E-state index contributed by atoms with van der Waals surface area (Å²) in [4.78, 5) is 19.2. The first-order chi connectivity index (χ1) is 7.49. The Morgan fingerprint density at radius 1 is 1.62 bits per heavy atom. The Morgan fingerprint density at radius 2 is 2.31 bits per heavy atom. The molecule has 1 amide bonds. The molecule has 0 aliphatic rings. The highest BCUT2D eigenvalue weighted by atomic mass is 32.2. The fourth-order valence-corrected chi connectivity index (χ4v) is 1.97. The molecule has 0 aliphatic heterocycles. The second-order valence-electron chi connectivity index (χ2n) is 3.44. The molecule has 2 atom stereocenters. The second-order valence-corrected chi connectivity index (χ2v) is 4.92. The van der Waals surface area contributed by atoms with E-state index in [1.165, 1.54) is 12.4 Å². The molecule has 0 aromatic carbocycles. The summed E-state index contributed by atoms with van der Waals surface area (Å²) < 4.78 is 10.9. The van der Waals surface area contributed by atoms with E-state index >= 15 is 0 Å². The van der Waals surface area contributed by atoms with Crippen molar-refractivity contribution in [1.29, 1.82) is 0 Å². The van der Waals surface area contributed by atoms with Crippen molar-refractivity contribution in [3.8, 4) is 0 Å². The van der Waals surface area contributed by atoms with Crippen molar-refractivity contribution in [2.24, 2.45) is 0 Å². The van der Waals surface area contributed by atoms with E-state index in [1.807, 2.05) is 0 Å². The summed E-state index contributed by atoms with van der Waals surface area (Å²) in [5, 5.41) is 2.66. The Balaban J connectivity index is 2.62. The van der Waals surface area contributed by atoms with Gasteiger partial charge in [-0.15, -0.1) is 0 Å². The predicted octanol–water partition coefficient (Wildman–Crippen LogP) is -0.444. The number of hydrogen-bond donors (Lipinski definition) is 2. The van der Waals surface area contributed by atoms with Crippen LogP contribution in [0, 0.1) is 0 Å². The molecule has 0 saturated heterocycles. The lowest BCUT2D eigenvalue weighted by atomic mass is 10.3. The van der Waals surface area contributed by atoms with E-state index in [2.05, 4.69) is 15.3 Å². The highest BCUT2D eigenvalue weighted by Gasteiger charge is 2.12. The summed E-state index contributed by atoms with van der Waals surface area (Å²) in [6.07, 6.45) is 4.28. The zero-order valence-electron chi connectivity index (χ0n) is 9.14. The van der Waals surface area contributed by atoms with Gasteiger partial charge >= 0.3 is 0 Å². The van der Waals surface area contributed by atoms with Crippen LogP contribution in [-0.4, -0.2) is 38.1 Å². The SMILES string of the molecule is CC(CS(C)=O)NC(=O)c1cncc(N)n1. The van der Waals surface area contributed by atoms with Crippen molar-refractivity contribution in [2.45, 2.75) is 13.0 Å². The van der Waals surface area contributed by atoms with Crippen molar-refractivity contribution in [3.05, 3.63) is 18.1 Å². The minimum Gasteiger partial charge on any atom is -0.382 e. The van der Waals surface area contributed by atoms with E-state index in [1.54, 1.807) is 13.2 Å². The minimum atomic E-state index is -0.948. The maximum absolute atomic E-state index is 11.6. The molecule has 0 spiro atoms. The molecular formula is C9H14N4O2S. The van der Waals surface area contributed by atoms with Crippen LogP contribution in [0.5, 0.6) is 0 Å². The average Bonchev–Trinajstić information content (AvgIpc) is 2.16. The monoisotopic (exact) mass is 242 g/mol. The third-order valence-corrected chi connectivity index (χ3v) is 2.72. The Morgan fingerprint density at radius 3 is 2.88 bits per heavy atom. The van der Waals surface area contributed by atoms with E-state index in [4.69, 9.17) is 5.73 Å². The molecule has 0 fully saturated rings. The van der Waals surface area contributed by atoms with Gasteiger partial charge in [0.2, 0.25) is 0 Å². The summed E-state index contributed by atoms with van der Waals surface area (Å²) in [6, 6.07) is -0.179. The van der Waals surface area contributed by atoms with Crippen LogP contribution in [0.2, 0.25) is 0 Å². The third kappa shape index (κ3) is 3.93. The van der Waals surface area contributed by atoms with E-state index in [0.29, 0.717) is 5.75 Å². The van der Waals surface area contributed by atoms with Gasteiger partial charge in [0.25, 0.3) is 5.91 Å². The van der Waals surface area contributed by atoms with E-state index in [0.717, 1.165) is 0 Å². The number of carbonyl (C=O) groups excluding carboxylic acids is 1. The number of nitrogen functional groups attached to an aromatic ring is 1. The Labute approximate surface area is 96.1 Å². The van der Waals surface area contributed by atoms with Crippen molar-refractivity contribution < 1.29 is 9.00 Å². The molecule has 0 aliphatic carbocycles. The van der Waals surface area contributed by atoms with Crippen LogP contribution in [0.4, 0.5) is 5.82 Å². The average molecular weight is 242 g/mol. The van der Waals surface area contributed by atoms with Crippen LogP contribution in [0.1, 0.15) is 17.4 Å². The molecule has 0 saturated carbocycles. The highest BCUT2D eigenvalue weighted by Crippen LogP contribution is 1.98. The van der Waals surface area contributed by atoms with Gasteiger partial charge in [0.1, 0.15) is 11.5 Å². The van der Waals surface area contributed by atoms with Crippen molar-refractivity contribution in [2.75, 3.05) is 17.7 Å². The number of rotatable bonds is 4. The van der Waals surface area contributed by atoms with E-state index in [9.17, 15) is 9.00 Å². The molecule has 2 unspecified atom stereocenters. The van der Waals surface area contributed by atoms with Crippen LogP contribution >= 0.6 is 0 Å². The molecule has 1 aromatic rings. The van der Waals surface area contributed by atoms with Crippen LogP contribution in [0.3, 0.4) is 0 Å². The molecule has 88 valence electrons. The first-order valence-corrected chi connectivity index (χ1v) is 6.40. The maximum Gasteiger partial charge on any atom is 0.271 e. The lowest BCUT2D eigenvalue weighted by Gasteiger charge is -2.11. The van der Waals surface area contributed by atoms with Gasteiger partial charge in [-0.2, -0.15) is 0 Å². The molecule has 0 bridgehead atoms. The lowest BCUT2D eigenvalue weighted by molar-refractivity contribution is 0.0938. The Kier molecular flexibility index (Phi) is 4.36. The third-order valence-electron chi connectivity index (χ3n) is 1.75. The van der Waals surface area contributed by atoms with Crippen molar-refractivity contribution in [1.82, 2.24) is 15.3 Å². The Bertz CT molecular complexity index is 410. The lowest BCUT2D eigenvalue weighted by Crippen LogP contribution is -2.36.